The van der Waals surface area contributed by atoms with Crippen LogP contribution >= 0.6 is 0 Å². The molecule has 0 spiro atoms. The Bertz CT molecular complexity index is 1120. The van der Waals surface area contributed by atoms with Crippen molar-refractivity contribution in [3.05, 3.63) is 65.0 Å². The first-order valence-electron chi connectivity index (χ1n) is 10.9. The van der Waals surface area contributed by atoms with Crippen LogP contribution in [0.5, 0.6) is 0 Å². The second-order valence-electron chi connectivity index (χ2n) is 8.63. The van der Waals surface area contributed by atoms with Crippen LogP contribution in [0.4, 0.5) is 46.0 Å². The Morgan fingerprint density at radius 2 is 1.47 bits per heavy atom. The van der Waals surface area contributed by atoms with Gasteiger partial charge in [0.25, 0.3) is 0 Å². The van der Waals surface area contributed by atoms with Crippen molar-refractivity contribution in [3.8, 4) is 0 Å². The van der Waals surface area contributed by atoms with Gasteiger partial charge in [0, 0.05) is 43.8 Å². The number of rotatable bonds is 3. The molecule has 36 heavy (non-hydrogen) atoms. The molecule has 0 aromatic heterocycles. The third kappa shape index (κ3) is 5.05. The summed E-state index contributed by atoms with van der Waals surface area (Å²) < 4.78 is 93.2. The van der Waals surface area contributed by atoms with Crippen molar-refractivity contribution >= 4 is 17.8 Å². The number of hydrogen-bond acceptors (Lipinski definition) is 2. The van der Waals surface area contributed by atoms with E-state index in [1.807, 2.05) is 0 Å². The molecule has 6 nitrogen and oxygen atoms in total. The molecule has 2 aliphatic heterocycles. The summed E-state index contributed by atoms with van der Waals surface area (Å²) >= 11 is 0. The normalized spacial score (nSPS) is 21.3. The lowest BCUT2D eigenvalue weighted by molar-refractivity contribution is -0.143. The van der Waals surface area contributed by atoms with Crippen LogP contribution in [0, 0.1) is 5.82 Å². The van der Waals surface area contributed by atoms with Gasteiger partial charge in [0.1, 0.15) is 5.82 Å². The smallest absolute Gasteiger partial charge is 0.416 e. The minimum atomic E-state index is -5.06. The molecule has 0 saturated carbocycles. The molecule has 2 aromatic carbocycles. The molecule has 2 heterocycles. The van der Waals surface area contributed by atoms with Crippen molar-refractivity contribution in [3.63, 3.8) is 0 Å². The number of nitrogens with zero attached hydrogens (tertiary/aromatic N) is 3. The molecule has 0 aliphatic carbocycles. The molecule has 1 N–H and O–H groups in total. The highest BCUT2D eigenvalue weighted by Gasteiger charge is 2.43. The molecule has 4 rings (SSSR count). The lowest BCUT2D eigenvalue weighted by atomic mass is 9.85. The molecule has 0 bridgehead atoms. The fourth-order valence-corrected chi connectivity index (χ4v) is 4.72. The summed E-state index contributed by atoms with van der Waals surface area (Å²) in [6.07, 6.45) is -11.1. The quantitative estimate of drug-likeness (QED) is 0.534. The second kappa shape index (κ2) is 9.17. The van der Waals surface area contributed by atoms with Crippen molar-refractivity contribution in [2.24, 2.45) is 0 Å². The Hall–Kier alpha value is -3.51. The number of alkyl halides is 6. The highest BCUT2D eigenvalue weighted by molar-refractivity contribution is 5.94. The van der Waals surface area contributed by atoms with E-state index in [0.717, 1.165) is 9.80 Å². The predicted molar refractivity (Wildman–Crippen MR) is 113 cm³/mol. The maximum atomic E-state index is 13.5. The summed E-state index contributed by atoms with van der Waals surface area (Å²) in [6, 6.07) is 4.89. The first-order valence-corrected chi connectivity index (χ1v) is 10.9. The lowest BCUT2D eigenvalue weighted by Crippen LogP contribution is -2.52. The Balaban J connectivity index is 1.66. The molecule has 2 saturated heterocycles. The number of anilines is 1. The molecule has 0 unspecified atom stereocenters. The SMILES string of the molecule is O=C(O)N1CC[C@@H](N2CCN(c3cc(C(F)(F)F)cc(C(F)(F)F)c3)C2=O)[C@H](c2ccc(F)cc2)C1. The van der Waals surface area contributed by atoms with Crippen molar-refractivity contribution in [1.29, 1.82) is 0 Å². The van der Waals surface area contributed by atoms with Gasteiger partial charge >= 0.3 is 24.5 Å². The summed E-state index contributed by atoms with van der Waals surface area (Å²) in [7, 11) is 0. The fourth-order valence-electron chi connectivity index (χ4n) is 4.72. The topological polar surface area (TPSA) is 64.1 Å². The van der Waals surface area contributed by atoms with E-state index in [2.05, 4.69) is 0 Å². The Morgan fingerprint density at radius 3 is 2.00 bits per heavy atom. The van der Waals surface area contributed by atoms with E-state index < -0.39 is 59.1 Å². The summed E-state index contributed by atoms with van der Waals surface area (Å²) in [5.74, 6) is -1.10. The van der Waals surface area contributed by atoms with Crippen LogP contribution in [0.25, 0.3) is 0 Å². The van der Waals surface area contributed by atoms with Gasteiger partial charge in [-0.1, -0.05) is 12.1 Å². The van der Waals surface area contributed by atoms with Gasteiger partial charge in [0.05, 0.1) is 11.1 Å². The first-order chi connectivity index (χ1) is 16.8. The number of likely N-dealkylation sites (tertiary alicyclic amines) is 1. The van der Waals surface area contributed by atoms with E-state index in [4.69, 9.17) is 0 Å². The van der Waals surface area contributed by atoms with Crippen molar-refractivity contribution in [1.82, 2.24) is 9.80 Å². The van der Waals surface area contributed by atoms with Gasteiger partial charge in [0.15, 0.2) is 0 Å². The number of carbonyl (C=O) groups excluding carboxylic acids is 1. The number of hydrogen-bond donors (Lipinski definition) is 1. The zero-order chi connectivity index (χ0) is 26.4. The highest BCUT2D eigenvalue weighted by Crippen LogP contribution is 2.40. The van der Waals surface area contributed by atoms with Gasteiger partial charge in [0.2, 0.25) is 0 Å². The Kier molecular flexibility index (Phi) is 6.52. The third-order valence-electron chi connectivity index (χ3n) is 6.47. The summed E-state index contributed by atoms with van der Waals surface area (Å²) in [5, 5.41) is 9.42. The van der Waals surface area contributed by atoms with Crippen LogP contribution in [0.3, 0.4) is 0 Å². The Morgan fingerprint density at radius 1 is 0.889 bits per heavy atom. The molecular weight excluding hydrogens is 499 g/mol. The molecule has 0 radical (unpaired) electrons. The minimum Gasteiger partial charge on any atom is -0.465 e. The number of amides is 3. The lowest BCUT2D eigenvalue weighted by Gasteiger charge is -2.41. The maximum Gasteiger partial charge on any atom is 0.416 e. The monoisotopic (exact) mass is 519 g/mol. The van der Waals surface area contributed by atoms with Crippen molar-refractivity contribution in [2.45, 2.75) is 30.7 Å². The van der Waals surface area contributed by atoms with E-state index in [1.54, 1.807) is 0 Å². The molecule has 2 fully saturated rings. The van der Waals surface area contributed by atoms with E-state index >= 15 is 0 Å². The van der Waals surface area contributed by atoms with Crippen molar-refractivity contribution in [2.75, 3.05) is 31.1 Å². The molecular formula is C23H20F7N3O3. The fraction of sp³-hybridized carbons (Fsp3) is 0.391. The summed E-state index contributed by atoms with van der Waals surface area (Å²) in [4.78, 5) is 28.1. The van der Waals surface area contributed by atoms with Crippen LogP contribution in [-0.2, 0) is 12.4 Å². The summed E-state index contributed by atoms with van der Waals surface area (Å²) in [6.45, 7) is -0.0982. The van der Waals surface area contributed by atoms with Crippen LogP contribution in [-0.4, -0.2) is 59.3 Å². The molecule has 2 aromatic rings. The van der Waals surface area contributed by atoms with Crippen LogP contribution in [0.15, 0.2) is 42.5 Å². The Labute approximate surface area is 200 Å². The van der Waals surface area contributed by atoms with Gasteiger partial charge in [-0.2, -0.15) is 26.3 Å². The zero-order valence-corrected chi connectivity index (χ0v) is 18.5. The van der Waals surface area contributed by atoms with Crippen LogP contribution in [0.1, 0.15) is 29.0 Å². The van der Waals surface area contributed by atoms with Gasteiger partial charge < -0.3 is 14.9 Å². The average molecular weight is 519 g/mol. The number of halogens is 7. The van der Waals surface area contributed by atoms with Gasteiger partial charge in [-0.15, -0.1) is 0 Å². The van der Waals surface area contributed by atoms with E-state index in [1.165, 1.54) is 29.2 Å². The van der Waals surface area contributed by atoms with Crippen molar-refractivity contribution < 1.29 is 45.4 Å². The summed E-state index contributed by atoms with van der Waals surface area (Å²) in [5.41, 5.74) is -3.04. The number of piperidine rings is 1. The standard InChI is InChI=1S/C23H20F7N3O3/c24-16-3-1-13(2-4-16)18-12-31(21(35)36)6-5-19(18)33-8-7-32(20(33)34)17-10-14(22(25,26)27)9-15(11-17)23(28,29)30/h1-4,9-11,18-19H,5-8,12H2,(H,35,36)/t18-,19+/m0/s1. The maximum absolute atomic E-state index is 13.5. The largest absolute Gasteiger partial charge is 0.465 e. The average Bonchev–Trinajstić information content (AvgIpc) is 3.18. The van der Waals surface area contributed by atoms with Crippen LogP contribution < -0.4 is 4.90 Å². The molecule has 2 aliphatic rings. The first kappa shape index (κ1) is 25.6. The van der Waals surface area contributed by atoms with Crippen LogP contribution in [0.2, 0.25) is 0 Å². The predicted octanol–water partition coefficient (Wildman–Crippen LogP) is 5.64. The van der Waals surface area contributed by atoms with Gasteiger partial charge in [-0.3, -0.25) is 4.90 Å². The molecule has 13 heteroatoms. The van der Waals surface area contributed by atoms with E-state index in [-0.39, 0.29) is 38.7 Å². The third-order valence-corrected chi connectivity index (χ3v) is 6.47. The van der Waals surface area contributed by atoms with E-state index in [9.17, 15) is 45.4 Å². The number of carboxylic acid groups (broad SMARTS) is 1. The number of benzene rings is 2. The zero-order valence-electron chi connectivity index (χ0n) is 18.5. The van der Waals surface area contributed by atoms with Gasteiger partial charge in [-0.25, -0.2) is 14.0 Å². The highest BCUT2D eigenvalue weighted by atomic mass is 19.4. The number of carbonyl (C=O) groups is 2. The molecule has 3 amide bonds. The number of urea groups is 1. The van der Waals surface area contributed by atoms with Gasteiger partial charge in [-0.05, 0) is 42.3 Å². The van der Waals surface area contributed by atoms with E-state index in [0.29, 0.717) is 17.7 Å². The second-order valence-corrected chi connectivity index (χ2v) is 8.63. The molecule has 2 atom stereocenters. The minimum absolute atomic E-state index is 0.00582. The molecule has 194 valence electrons.